The van der Waals surface area contributed by atoms with Crippen molar-refractivity contribution in [3.63, 3.8) is 0 Å². The van der Waals surface area contributed by atoms with E-state index in [9.17, 15) is 9.18 Å². The van der Waals surface area contributed by atoms with E-state index in [2.05, 4.69) is 5.32 Å². The molecule has 1 aliphatic carbocycles. The van der Waals surface area contributed by atoms with Crippen molar-refractivity contribution in [3.8, 4) is 0 Å². The molecule has 0 unspecified atom stereocenters. The average molecular weight is 247 g/mol. The minimum absolute atomic E-state index is 0.151. The third-order valence-electron chi connectivity index (χ3n) is 3.34. The Kier molecular flexibility index (Phi) is 4.13. The molecular weight excluding hydrogens is 229 g/mol. The summed E-state index contributed by atoms with van der Waals surface area (Å²) in [5.74, 6) is 0.180. The van der Waals surface area contributed by atoms with Gasteiger partial charge in [0.2, 0.25) is 0 Å². The standard InChI is InChI=1S/C15H18FNO/c1-11-3-2-4-13(15(11)18)10-17-9-12-5-7-14(16)8-6-12/h5-8,10-11,17H,2-4,9H2,1H3/b13-10-/t11-/m1/s1. The highest BCUT2D eigenvalue weighted by Crippen LogP contribution is 2.24. The normalized spacial score (nSPS) is 22.2. The fourth-order valence-electron chi connectivity index (χ4n) is 2.21. The Balaban J connectivity index is 1.90. The third-order valence-corrected chi connectivity index (χ3v) is 3.34. The Labute approximate surface area is 107 Å². The van der Waals surface area contributed by atoms with Gasteiger partial charge in [0.15, 0.2) is 5.78 Å². The second-order valence-electron chi connectivity index (χ2n) is 4.83. The van der Waals surface area contributed by atoms with Crippen LogP contribution < -0.4 is 5.32 Å². The predicted molar refractivity (Wildman–Crippen MR) is 69.3 cm³/mol. The fraction of sp³-hybridized carbons (Fsp3) is 0.400. The van der Waals surface area contributed by atoms with Crippen molar-refractivity contribution in [2.24, 2.45) is 5.92 Å². The van der Waals surface area contributed by atoms with Gasteiger partial charge in [-0.2, -0.15) is 0 Å². The lowest BCUT2D eigenvalue weighted by molar-refractivity contribution is -0.119. The molecule has 1 aliphatic rings. The van der Waals surface area contributed by atoms with Gasteiger partial charge in [-0.1, -0.05) is 19.1 Å². The summed E-state index contributed by atoms with van der Waals surface area (Å²) in [6.07, 6.45) is 4.76. The van der Waals surface area contributed by atoms with E-state index in [4.69, 9.17) is 0 Å². The molecule has 1 fully saturated rings. The van der Waals surface area contributed by atoms with Crippen LogP contribution in [0.3, 0.4) is 0 Å². The fourth-order valence-corrected chi connectivity index (χ4v) is 2.21. The molecule has 0 heterocycles. The topological polar surface area (TPSA) is 29.1 Å². The minimum Gasteiger partial charge on any atom is -0.386 e. The molecule has 1 saturated carbocycles. The van der Waals surface area contributed by atoms with Gasteiger partial charge in [-0.25, -0.2) is 4.39 Å². The van der Waals surface area contributed by atoms with Gasteiger partial charge in [-0.15, -0.1) is 0 Å². The first-order chi connectivity index (χ1) is 8.66. The van der Waals surface area contributed by atoms with Gasteiger partial charge >= 0.3 is 0 Å². The predicted octanol–water partition coefficient (Wildman–Crippen LogP) is 3.19. The summed E-state index contributed by atoms with van der Waals surface area (Å²) in [5, 5.41) is 3.14. The number of ketones is 1. The number of hydrogen-bond donors (Lipinski definition) is 1. The average Bonchev–Trinajstić information content (AvgIpc) is 2.37. The third kappa shape index (κ3) is 3.19. The van der Waals surface area contributed by atoms with Crippen molar-refractivity contribution in [2.75, 3.05) is 0 Å². The summed E-state index contributed by atoms with van der Waals surface area (Å²) < 4.78 is 12.7. The van der Waals surface area contributed by atoms with E-state index in [1.54, 1.807) is 12.1 Å². The number of carbonyl (C=O) groups excluding carboxylic acids is 1. The number of hydrogen-bond acceptors (Lipinski definition) is 2. The van der Waals surface area contributed by atoms with Gasteiger partial charge in [-0.05, 0) is 37.0 Å². The number of rotatable bonds is 3. The molecule has 1 aromatic rings. The summed E-state index contributed by atoms with van der Waals surface area (Å²) in [5.41, 5.74) is 1.89. The van der Waals surface area contributed by atoms with Gasteiger partial charge in [0.1, 0.15) is 5.82 Å². The van der Waals surface area contributed by atoms with Crippen LogP contribution in [-0.2, 0) is 11.3 Å². The Morgan fingerprint density at radius 2 is 2.11 bits per heavy atom. The van der Waals surface area contributed by atoms with Crippen LogP contribution in [0.15, 0.2) is 36.0 Å². The molecular formula is C15H18FNO. The maximum absolute atomic E-state index is 12.7. The lowest BCUT2D eigenvalue weighted by Crippen LogP contribution is -2.20. The molecule has 0 aromatic heterocycles. The van der Waals surface area contributed by atoms with E-state index in [0.717, 1.165) is 30.4 Å². The number of nitrogens with one attached hydrogen (secondary N) is 1. The van der Waals surface area contributed by atoms with Gasteiger partial charge in [-0.3, -0.25) is 4.79 Å². The highest BCUT2D eigenvalue weighted by Gasteiger charge is 2.22. The Morgan fingerprint density at radius 1 is 1.39 bits per heavy atom. The van der Waals surface area contributed by atoms with Gasteiger partial charge in [0.05, 0.1) is 0 Å². The van der Waals surface area contributed by atoms with E-state index in [-0.39, 0.29) is 17.5 Å². The first-order valence-corrected chi connectivity index (χ1v) is 6.38. The van der Waals surface area contributed by atoms with E-state index < -0.39 is 0 Å². The van der Waals surface area contributed by atoms with Gasteiger partial charge < -0.3 is 5.32 Å². The number of halogens is 1. The number of benzene rings is 1. The van der Waals surface area contributed by atoms with Crippen LogP contribution in [0.25, 0.3) is 0 Å². The SMILES string of the molecule is C[C@@H]1CCC/C(=C/NCc2ccc(F)cc2)C1=O. The molecule has 0 bridgehead atoms. The molecule has 1 N–H and O–H groups in total. The van der Waals surface area contributed by atoms with Crippen LogP contribution in [0.2, 0.25) is 0 Å². The Bertz CT molecular complexity index is 450. The summed E-state index contributed by atoms with van der Waals surface area (Å²) >= 11 is 0. The zero-order chi connectivity index (χ0) is 13.0. The van der Waals surface area contributed by atoms with E-state index in [0.29, 0.717) is 6.54 Å². The number of Topliss-reactive ketones (excluding diaryl/α,β-unsaturated/α-hetero) is 1. The van der Waals surface area contributed by atoms with E-state index in [1.807, 2.05) is 13.1 Å². The van der Waals surface area contributed by atoms with Crippen LogP contribution in [0.1, 0.15) is 31.7 Å². The maximum atomic E-state index is 12.7. The van der Waals surface area contributed by atoms with Crippen molar-refractivity contribution < 1.29 is 9.18 Å². The molecule has 0 amide bonds. The molecule has 0 radical (unpaired) electrons. The van der Waals surface area contributed by atoms with Crippen LogP contribution in [-0.4, -0.2) is 5.78 Å². The second-order valence-corrected chi connectivity index (χ2v) is 4.83. The first kappa shape index (κ1) is 12.8. The molecule has 0 saturated heterocycles. The molecule has 1 atom stereocenters. The van der Waals surface area contributed by atoms with Crippen LogP contribution in [0.4, 0.5) is 4.39 Å². The molecule has 96 valence electrons. The minimum atomic E-state index is -0.228. The smallest absolute Gasteiger partial charge is 0.163 e. The van der Waals surface area contributed by atoms with E-state index in [1.165, 1.54) is 12.1 Å². The Hall–Kier alpha value is -1.64. The van der Waals surface area contributed by atoms with Crippen molar-refractivity contribution in [1.29, 1.82) is 0 Å². The lowest BCUT2D eigenvalue weighted by atomic mass is 9.86. The van der Waals surface area contributed by atoms with Gasteiger partial charge in [0.25, 0.3) is 0 Å². The Morgan fingerprint density at radius 3 is 2.83 bits per heavy atom. The summed E-state index contributed by atoms with van der Waals surface area (Å²) in [4.78, 5) is 11.9. The number of allylic oxidation sites excluding steroid dienone is 1. The largest absolute Gasteiger partial charge is 0.386 e. The summed E-state index contributed by atoms with van der Waals surface area (Å²) in [6.45, 7) is 2.60. The maximum Gasteiger partial charge on any atom is 0.163 e. The molecule has 0 aliphatic heterocycles. The molecule has 3 heteroatoms. The lowest BCUT2D eigenvalue weighted by Gasteiger charge is -2.19. The van der Waals surface area contributed by atoms with Crippen molar-refractivity contribution in [3.05, 3.63) is 47.4 Å². The quantitative estimate of drug-likeness (QED) is 0.831. The van der Waals surface area contributed by atoms with Crippen LogP contribution in [0, 0.1) is 11.7 Å². The van der Waals surface area contributed by atoms with Crippen molar-refractivity contribution >= 4 is 5.78 Å². The highest BCUT2D eigenvalue weighted by molar-refractivity contribution is 5.97. The first-order valence-electron chi connectivity index (χ1n) is 6.38. The molecule has 18 heavy (non-hydrogen) atoms. The van der Waals surface area contributed by atoms with Crippen molar-refractivity contribution in [2.45, 2.75) is 32.7 Å². The highest BCUT2D eigenvalue weighted by atomic mass is 19.1. The monoisotopic (exact) mass is 247 g/mol. The van der Waals surface area contributed by atoms with Crippen LogP contribution >= 0.6 is 0 Å². The summed E-state index contributed by atoms with van der Waals surface area (Å²) in [6, 6.07) is 6.37. The van der Waals surface area contributed by atoms with E-state index >= 15 is 0 Å². The zero-order valence-corrected chi connectivity index (χ0v) is 10.6. The molecule has 0 spiro atoms. The summed E-state index contributed by atoms with van der Waals surface area (Å²) in [7, 11) is 0. The second kappa shape index (κ2) is 5.80. The number of carbonyl (C=O) groups is 1. The zero-order valence-electron chi connectivity index (χ0n) is 10.6. The molecule has 2 nitrogen and oxygen atoms in total. The molecule has 1 aromatic carbocycles. The van der Waals surface area contributed by atoms with Crippen LogP contribution in [0.5, 0.6) is 0 Å². The van der Waals surface area contributed by atoms with Crippen molar-refractivity contribution in [1.82, 2.24) is 5.32 Å². The van der Waals surface area contributed by atoms with Gasteiger partial charge in [0, 0.05) is 24.2 Å². The molecule has 2 rings (SSSR count).